The quantitative estimate of drug-likeness (QED) is 0.766. The van der Waals surface area contributed by atoms with Crippen molar-refractivity contribution in [2.24, 2.45) is 0 Å². The molecule has 0 saturated carbocycles. The van der Waals surface area contributed by atoms with Gasteiger partial charge in [0.1, 0.15) is 0 Å². The lowest BCUT2D eigenvalue weighted by Crippen LogP contribution is -2.06. The van der Waals surface area contributed by atoms with Gasteiger partial charge in [0.2, 0.25) is 0 Å². The first kappa shape index (κ1) is 12.8. The van der Waals surface area contributed by atoms with Crippen LogP contribution in [0.2, 0.25) is 0 Å². The molecule has 0 unspecified atom stereocenters. The molecule has 2 rings (SSSR count). The molecule has 1 aromatic heterocycles. The zero-order valence-corrected chi connectivity index (χ0v) is 10.4. The molecule has 1 aromatic carbocycles. The fourth-order valence-electron chi connectivity index (χ4n) is 2.07. The minimum atomic E-state index is -0.0814. The van der Waals surface area contributed by atoms with E-state index < -0.39 is 0 Å². The van der Waals surface area contributed by atoms with Gasteiger partial charge in [-0.1, -0.05) is 18.9 Å². The number of H-pyrrole nitrogens is 1. The second-order valence-corrected chi connectivity index (χ2v) is 4.47. The minimum Gasteiger partial charge on any atom is -0.396 e. The number of aromatic amines is 1. The summed E-state index contributed by atoms with van der Waals surface area (Å²) in [6, 6.07) is 5.85. The van der Waals surface area contributed by atoms with Crippen LogP contribution in [0.3, 0.4) is 0 Å². The van der Waals surface area contributed by atoms with Crippen molar-refractivity contribution in [3.8, 4) is 0 Å². The molecule has 4 nitrogen and oxygen atoms in total. The monoisotopic (exact) mass is 246 g/mol. The molecule has 0 fully saturated rings. The highest BCUT2D eigenvalue weighted by molar-refractivity contribution is 5.77. The predicted molar refractivity (Wildman–Crippen MR) is 71.6 cm³/mol. The van der Waals surface area contributed by atoms with E-state index in [0.717, 1.165) is 37.6 Å². The fourth-order valence-corrected chi connectivity index (χ4v) is 2.07. The SMILES string of the molecule is O=c1[nH]cnc2ccc(CCCCCCO)cc12. The Hall–Kier alpha value is -1.68. The van der Waals surface area contributed by atoms with Gasteiger partial charge in [-0.2, -0.15) is 0 Å². The van der Waals surface area contributed by atoms with E-state index in [2.05, 4.69) is 9.97 Å². The van der Waals surface area contributed by atoms with Gasteiger partial charge in [0.15, 0.2) is 0 Å². The first-order valence-corrected chi connectivity index (χ1v) is 6.38. The van der Waals surface area contributed by atoms with Crippen LogP contribution in [0, 0.1) is 0 Å². The summed E-state index contributed by atoms with van der Waals surface area (Å²) in [4.78, 5) is 18.3. The van der Waals surface area contributed by atoms with Crippen LogP contribution in [0.1, 0.15) is 31.2 Å². The second kappa shape index (κ2) is 6.31. The Morgan fingerprint density at radius 3 is 2.83 bits per heavy atom. The fraction of sp³-hybridized carbons (Fsp3) is 0.429. The number of fused-ring (bicyclic) bond motifs is 1. The number of nitrogens with one attached hydrogen (secondary N) is 1. The molecule has 0 radical (unpaired) electrons. The Morgan fingerprint density at radius 1 is 1.17 bits per heavy atom. The molecule has 96 valence electrons. The summed E-state index contributed by atoms with van der Waals surface area (Å²) in [5.74, 6) is 0. The van der Waals surface area contributed by atoms with Crippen LogP contribution in [0.4, 0.5) is 0 Å². The largest absolute Gasteiger partial charge is 0.396 e. The number of nitrogens with zero attached hydrogens (tertiary/aromatic N) is 1. The first-order valence-electron chi connectivity index (χ1n) is 6.38. The van der Waals surface area contributed by atoms with Crippen LogP contribution in [-0.2, 0) is 6.42 Å². The zero-order valence-electron chi connectivity index (χ0n) is 10.4. The van der Waals surface area contributed by atoms with Crippen molar-refractivity contribution in [1.82, 2.24) is 9.97 Å². The number of hydrogen-bond donors (Lipinski definition) is 2. The second-order valence-electron chi connectivity index (χ2n) is 4.47. The number of rotatable bonds is 6. The molecule has 0 aliphatic rings. The number of benzene rings is 1. The number of aryl methyl sites for hydroxylation is 1. The first-order chi connectivity index (χ1) is 8.81. The molecule has 0 aliphatic carbocycles. The van der Waals surface area contributed by atoms with Crippen molar-refractivity contribution in [1.29, 1.82) is 0 Å². The summed E-state index contributed by atoms with van der Waals surface area (Å²) in [6.45, 7) is 0.275. The molecule has 0 saturated heterocycles. The highest BCUT2D eigenvalue weighted by Gasteiger charge is 2.01. The topological polar surface area (TPSA) is 66.0 Å². The van der Waals surface area contributed by atoms with E-state index in [-0.39, 0.29) is 12.2 Å². The average Bonchev–Trinajstić information content (AvgIpc) is 2.39. The van der Waals surface area contributed by atoms with E-state index in [9.17, 15) is 4.79 Å². The van der Waals surface area contributed by atoms with Crippen molar-refractivity contribution in [3.63, 3.8) is 0 Å². The number of unbranched alkanes of at least 4 members (excludes halogenated alkanes) is 3. The summed E-state index contributed by atoms with van der Waals surface area (Å²) in [5, 5.41) is 9.34. The third kappa shape index (κ3) is 3.17. The van der Waals surface area contributed by atoms with E-state index in [1.54, 1.807) is 0 Å². The molecule has 0 amide bonds. The molecule has 1 heterocycles. The van der Waals surface area contributed by atoms with Crippen LogP contribution < -0.4 is 5.56 Å². The maximum Gasteiger partial charge on any atom is 0.258 e. The lowest BCUT2D eigenvalue weighted by molar-refractivity contribution is 0.282. The van der Waals surface area contributed by atoms with E-state index in [1.165, 1.54) is 11.9 Å². The zero-order chi connectivity index (χ0) is 12.8. The molecule has 4 heteroatoms. The third-order valence-electron chi connectivity index (χ3n) is 3.08. The van der Waals surface area contributed by atoms with Crippen molar-refractivity contribution >= 4 is 10.9 Å². The van der Waals surface area contributed by atoms with Crippen molar-refractivity contribution in [2.45, 2.75) is 32.1 Å². The van der Waals surface area contributed by atoms with Gasteiger partial charge in [-0.25, -0.2) is 4.98 Å². The normalized spacial score (nSPS) is 10.9. The average molecular weight is 246 g/mol. The van der Waals surface area contributed by atoms with Crippen LogP contribution in [0.15, 0.2) is 29.3 Å². The number of aliphatic hydroxyl groups is 1. The summed E-state index contributed by atoms with van der Waals surface area (Å²) in [6.07, 6.45) is 6.54. The third-order valence-corrected chi connectivity index (χ3v) is 3.08. The summed E-state index contributed by atoms with van der Waals surface area (Å²) < 4.78 is 0. The van der Waals surface area contributed by atoms with Crippen molar-refractivity contribution in [3.05, 3.63) is 40.4 Å². The van der Waals surface area contributed by atoms with E-state index >= 15 is 0 Å². The molecule has 0 bridgehead atoms. The van der Waals surface area contributed by atoms with E-state index in [4.69, 9.17) is 5.11 Å². The number of aromatic nitrogens is 2. The van der Waals surface area contributed by atoms with Gasteiger partial charge in [0.05, 0.1) is 17.2 Å². The van der Waals surface area contributed by atoms with Crippen LogP contribution in [0.25, 0.3) is 10.9 Å². The lowest BCUT2D eigenvalue weighted by atomic mass is 10.0. The van der Waals surface area contributed by atoms with E-state index in [1.807, 2.05) is 18.2 Å². The maximum absolute atomic E-state index is 11.6. The highest BCUT2D eigenvalue weighted by atomic mass is 16.2. The molecular weight excluding hydrogens is 228 g/mol. The standard InChI is InChI=1S/C14H18N2O2/c17-8-4-2-1-3-5-11-6-7-13-12(9-11)14(18)16-10-15-13/h6-7,9-10,17H,1-5,8H2,(H,15,16,18). The summed E-state index contributed by atoms with van der Waals surface area (Å²) in [7, 11) is 0. The molecule has 18 heavy (non-hydrogen) atoms. The minimum absolute atomic E-state index is 0.0814. The summed E-state index contributed by atoms with van der Waals surface area (Å²) in [5.41, 5.74) is 1.83. The smallest absolute Gasteiger partial charge is 0.258 e. The van der Waals surface area contributed by atoms with Crippen molar-refractivity contribution in [2.75, 3.05) is 6.61 Å². The van der Waals surface area contributed by atoms with Crippen LogP contribution in [-0.4, -0.2) is 21.7 Å². The Balaban J connectivity index is 2.01. The molecular formula is C14H18N2O2. The highest BCUT2D eigenvalue weighted by Crippen LogP contribution is 2.12. The van der Waals surface area contributed by atoms with Gasteiger partial charge in [-0.05, 0) is 37.0 Å². The Morgan fingerprint density at radius 2 is 2.00 bits per heavy atom. The summed E-state index contributed by atoms with van der Waals surface area (Å²) >= 11 is 0. The van der Waals surface area contributed by atoms with Gasteiger partial charge in [-0.3, -0.25) is 4.79 Å². The Labute approximate surface area is 106 Å². The molecule has 2 N–H and O–H groups in total. The molecule has 0 aliphatic heterocycles. The molecule has 0 spiro atoms. The number of hydrogen-bond acceptors (Lipinski definition) is 3. The van der Waals surface area contributed by atoms with Crippen molar-refractivity contribution < 1.29 is 5.11 Å². The van der Waals surface area contributed by atoms with Gasteiger partial charge in [-0.15, -0.1) is 0 Å². The Bertz CT molecular complexity index is 563. The van der Waals surface area contributed by atoms with Gasteiger partial charge in [0, 0.05) is 6.61 Å². The molecule has 0 atom stereocenters. The molecule has 2 aromatic rings. The van der Waals surface area contributed by atoms with Crippen LogP contribution >= 0.6 is 0 Å². The maximum atomic E-state index is 11.6. The van der Waals surface area contributed by atoms with Gasteiger partial charge < -0.3 is 10.1 Å². The van der Waals surface area contributed by atoms with E-state index in [0.29, 0.717) is 5.39 Å². The van der Waals surface area contributed by atoms with Crippen LogP contribution in [0.5, 0.6) is 0 Å². The Kier molecular flexibility index (Phi) is 4.47. The number of aliphatic hydroxyl groups excluding tert-OH is 1. The van der Waals surface area contributed by atoms with Gasteiger partial charge in [0.25, 0.3) is 5.56 Å². The lowest BCUT2D eigenvalue weighted by Gasteiger charge is -2.03. The van der Waals surface area contributed by atoms with Gasteiger partial charge >= 0.3 is 0 Å². The predicted octanol–water partition coefficient (Wildman–Crippen LogP) is 2.02.